The summed E-state index contributed by atoms with van der Waals surface area (Å²) in [5.41, 5.74) is 3.24. The molecule has 4 atom stereocenters. The van der Waals surface area contributed by atoms with E-state index < -0.39 is 23.3 Å². The Morgan fingerprint density at radius 3 is 1.43 bits per heavy atom. The quantitative estimate of drug-likeness (QED) is 0.131. The van der Waals surface area contributed by atoms with Gasteiger partial charge in [0.2, 0.25) is 11.8 Å². The van der Waals surface area contributed by atoms with Crippen LogP contribution in [0.2, 0.25) is 0 Å². The number of amides is 4. The van der Waals surface area contributed by atoms with Gasteiger partial charge in [-0.05, 0) is 89.5 Å². The Labute approximate surface area is 308 Å². The summed E-state index contributed by atoms with van der Waals surface area (Å²) in [5, 5.41) is 14.2. The summed E-state index contributed by atoms with van der Waals surface area (Å²) < 4.78 is 4.73. The molecule has 2 aliphatic rings. The normalized spacial score (nSPS) is 20.4. The topological polar surface area (TPSA) is 186 Å². The van der Waals surface area contributed by atoms with E-state index in [0.717, 1.165) is 59.3 Å². The summed E-state index contributed by atoms with van der Waals surface area (Å²) in [6.07, 6.45) is 4.75. The maximum absolute atomic E-state index is 13.6. The van der Waals surface area contributed by atoms with Gasteiger partial charge in [0, 0.05) is 12.1 Å². The van der Waals surface area contributed by atoms with Crippen molar-refractivity contribution in [3.05, 3.63) is 72.6 Å². The third-order valence-electron chi connectivity index (χ3n) is 10.4. The Morgan fingerprint density at radius 2 is 1.06 bits per heavy atom. The predicted octanol–water partition coefficient (Wildman–Crippen LogP) is 6.42. The van der Waals surface area contributed by atoms with Crippen LogP contribution in [0.3, 0.4) is 0 Å². The molecular weight excluding hydrogens is 676 g/mol. The molecule has 2 fully saturated rings. The second kappa shape index (κ2) is 14.4. The van der Waals surface area contributed by atoms with Gasteiger partial charge < -0.3 is 40.2 Å². The van der Waals surface area contributed by atoms with Gasteiger partial charge in [0.05, 0.1) is 43.0 Å². The molecule has 2 unspecified atom stereocenters. The van der Waals surface area contributed by atoms with Crippen LogP contribution < -0.4 is 10.6 Å². The zero-order valence-electron chi connectivity index (χ0n) is 31.2. The molecule has 14 heteroatoms. The van der Waals surface area contributed by atoms with Crippen LogP contribution in [0.5, 0.6) is 0 Å². The Kier molecular flexibility index (Phi) is 10.1. The maximum atomic E-state index is 13.6. The van der Waals surface area contributed by atoms with Crippen molar-refractivity contribution < 1.29 is 29.0 Å². The van der Waals surface area contributed by atoms with Crippen molar-refractivity contribution in [1.29, 1.82) is 0 Å². The summed E-state index contributed by atoms with van der Waals surface area (Å²) in [4.78, 5) is 70.0. The van der Waals surface area contributed by atoms with Crippen molar-refractivity contribution >= 4 is 24.0 Å². The second-order valence-corrected chi connectivity index (χ2v) is 15.1. The lowest BCUT2D eigenvalue weighted by atomic mass is 10.0. The Bertz CT molecular complexity index is 1980. The van der Waals surface area contributed by atoms with Crippen LogP contribution >= 0.6 is 0 Å². The molecule has 2 saturated heterocycles. The van der Waals surface area contributed by atoms with Crippen molar-refractivity contribution in [2.45, 2.75) is 102 Å². The molecule has 14 nitrogen and oxygen atoms in total. The predicted molar refractivity (Wildman–Crippen MR) is 198 cm³/mol. The molecule has 5 N–H and O–H groups in total. The number of benzene rings is 2. The van der Waals surface area contributed by atoms with Gasteiger partial charge in [-0.2, -0.15) is 0 Å². The molecule has 0 radical (unpaired) electrons. The van der Waals surface area contributed by atoms with E-state index in [1.807, 2.05) is 43.0 Å². The van der Waals surface area contributed by atoms with Gasteiger partial charge in [0.1, 0.15) is 22.7 Å². The van der Waals surface area contributed by atoms with E-state index in [1.54, 1.807) is 45.0 Å². The minimum atomic E-state index is -1.27. The zero-order chi connectivity index (χ0) is 38.2. The smallest absolute Gasteiger partial charge is 0.407 e. The number of nitrogens with zero attached hydrogens (tertiary/aromatic N) is 4. The first-order valence-corrected chi connectivity index (χ1v) is 17.9. The maximum Gasteiger partial charge on any atom is 0.407 e. The average molecular weight is 725 g/mol. The van der Waals surface area contributed by atoms with Gasteiger partial charge >= 0.3 is 12.2 Å². The molecule has 2 aromatic carbocycles. The third-order valence-corrected chi connectivity index (χ3v) is 10.4. The highest BCUT2D eigenvalue weighted by Crippen LogP contribution is 2.39. The minimum Gasteiger partial charge on any atom is -0.465 e. The molecule has 4 aromatic rings. The number of H-pyrrole nitrogens is 2. The van der Waals surface area contributed by atoms with E-state index in [2.05, 4.69) is 54.8 Å². The highest BCUT2D eigenvalue weighted by molar-refractivity contribution is 5.90. The number of imidazole rings is 2. The van der Waals surface area contributed by atoms with E-state index in [0.29, 0.717) is 11.6 Å². The first-order valence-electron chi connectivity index (χ1n) is 17.9. The summed E-state index contributed by atoms with van der Waals surface area (Å²) in [5.74, 6) is 0.895. The highest BCUT2D eigenvalue weighted by Gasteiger charge is 2.45. The number of hydrogen-bond donors (Lipinski definition) is 5. The lowest BCUT2D eigenvalue weighted by molar-refractivity contribution is -0.140. The van der Waals surface area contributed by atoms with E-state index in [4.69, 9.17) is 4.74 Å². The van der Waals surface area contributed by atoms with Gasteiger partial charge in [-0.1, -0.05) is 48.5 Å². The van der Waals surface area contributed by atoms with Crippen LogP contribution in [0.15, 0.2) is 60.9 Å². The molecule has 53 heavy (non-hydrogen) atoms. The number of aromatic amines is 2. The van der Waals surface area contributed by atoms with Crippen molar-refractivity contribution in [3.63, 3.8) is 0 Å². The number of aromatic nitrogens is 4. The Morgan fingerprint density at radius 1 is 0.679 bits per heavy atom. The lowest BCUT2D eigenvalue weighted by Crippen LogP contribution is -2.57. The van der Waals surface area contributed by atoms with Crippen LogP contribution in [0.4, 0.5) is 9.59 Å². The van der Waals surface area contributed by atoms with Crippen molar-refractivity contribution in [3.8, 4) is 33.6 Å². The molecular formula is C39H48N8O6. The molecule has 280 valence electrons. The summed E-state index contributed by atoms with van der Waals surface area (Å²) >= 11 is 0. The SMILES string of the molecule is COC(=O)NC(C)(C)C(=O)N1C(C)CCC1c1ncc(-c2ccc(-c3ccc(-c4cnc([C@@H]5CC[C@H](C)N5C(=O)C(C)(C)NC(=O)O)[nH]4)cc3)cc2)[nH]1. The monoisotopic (exact) mass is 724 g/mol. The fourth-order valence-corrected chi connectivity index (χ4v) is 7.50. The second-order valence-electron chi connectivity index (χ2n) is 15.1. The lowest BCUT2D eigenvalue weighted by Gasteiger charge is -2.35. The standard InChI is InChI=1S/C39H48N8O6/c1-22-8-18-30(46(22)34(48)38(3,4)44-36(50)51)32-40-20-28(42-32)26-14-10-24(11-15-26)25-12-16-27(17-13-25)29-21-41-33(43-29)31-19-9-23(2)47(31)35(49)39(5,6)45-37(52)53-7/h10-17,20-23,30-31,44H,8-9,18-19H2,1-7H3,(H,40,42)(H,41,43)(H,45,52)(H,50,51)/t22-,23?,30-,31?/m0/s1. The molecule has 0 saturated carbocycles. The number of carbonyl (C=O) groups excluding carboxylic acids is 3. The van der Waals surface area contributed by atoms with E-state index in [-0.39, 0.29) is 36.0 Å². The van der Waals surface area contributed by atoms with E-state index >= 15 is 0 Å². The zero-order valence-corrected chi connectivity index (χ0v) is 31.2. The van der Waals surface area contributed by atoms with Crippen molar-refractivity contribution in [2.24, 2.45) is 0 Å². The van der Waals surface area contributed by atoms with E-state index in [1.165, 1.54) is 7.11 Å². The molecule has 0 bridgehead atoms. The fourth-order valence-electron chi connectivity index (χ4n) is 7.50. The number of methoxy groups -OCH3 is 1. The summed E-state index contributed by atoms with van der Waals surface area (Å²) in [6.45, 7) is 10.5. The summed E-state index contributed by atoms with van der Waals surface area (Å²) in [7, 11) is 1.27. The van der Waals surface area contributed by atoms with Gasteiger partial charge in [-0.3, -0.25) is 9.59 Å². The number of likely N-dealkylation sites (tertiary alicyclic amines) is 2. The third kappa shape index (κ3) is 7.48. The highest BCUT2D eigenvalue weighted by atomic mass is 16.5. The van der Waals surface area contributed by atoms with Crippen molar-refractivity contribution in [2.75, 3.05) is 7.11 Å². The van der Waals surface area contributed by atoms with E-state index in [9.17, 15) is 24.3 Å². The number of nitrogens with one attached hydrogen (secondary N) is 4. The fraction of sp³-hybridized carbons (Fsp3) is 0.436. The van der Waals surface area contributed by atoms with Crippen LogP contribution in [0, 0.1) is 0 Å². The van der Waals surface area contributed by atoms with Crippen LogP contribution in [-0.2, 0) is 14.3 Å². The Balaban J connectivity index is 1.13. The van der Waals surface area contributed by atoms with Gasteiger partial charge in [-0.15, -0.1) is 0 Å². The van der Waals surface area contributed by atoms with Gasteiger partial charge in [0.15, 0.2) is 0 Å². The minimum absolute atomic E-state index is 0.0137. The number of ether oxygens (including phenoxy) is 1. The van der Waals surface area contributed by atoms with Gasteiger partial charge in [-0.25, -0.2) is 19.6 Å². The molecule has 4 heterocycles. The Hall–Kier alpha value is -5.66. The van der Waals surface area contributed by atoms with Crippen LogP contribution in [-0.4, -0.2) is 89.1 Å². The van der Waals surface area contributed by atoms with Crippen LogP contribution in [0.25, 0.3) is 33.6 Å². The molecule has 2 aliphatic heterocycles. The molecule has 0 aliphatic carbocycles. The molecule has 2 aromatic heterocycles. The van der Waals surface area contributed by atoms with Crippen LogP contribution in [0.1, 0.15) is 91.0 Å². The number of hydrogen-bond acceptors (Lipinski definition) is 7. The molecule has 0 spiro atoms. The number of rotatable bonds is 9. The molecule has 6 rings (SSSR count). The van der Waals surface area contributed by atoms with Crippen molar-refractivity contribution in [1.82, 2.24) is 40.4 Å². The molecule has 4 amide bonds. The number of carboxylic acid groups (broad SMARTS) is 1. The number of carbonyl (C=O) groups is 4. The number of alkyl carbamates (subject to hydrolysis) is 1. The average Bonchev–Trinajstić information content (AvgIpc) is 3.94. The first kappa shape index (κ1) is 37.1. The van der Waals surface area contributed by atoms with Gasteiger partial charge in [0.25, 0.3) is 0 Å². The summed E-state index contributed by atoms with van der Waals surface area (Å²) in [6, 6.07) is 15.8. The first-order chi connectivity index (χ1) is 25.1. The largest absolute Gasteiger partial charge is 0.465 e.